The molecule has 0 unspecified atom stereocenters. The van der Waals surface area contributed by atoms with Gasteiger partial charge in [0.25, 0.3) is 11.5 Å². The molecule has 1 amide bonds. The Labute approximate surface area is 116 Å². The average molecular weight is 269 g/mol. The number of carbonyl (C=O) groups is 1. The van der Waals surface area contributed by atoms with Gasteiger partial charge >= 0.3 is 0 Å². The molecule has 20 heavy (non-hydrogen) atoms. The van der Waals surface area contributed by atoms with Crippen LogP contribution in [0.3, 0.4) is 0 Å². The molecule has 1 aliphatic rings. The van der Waals surface area contributed by atoms with Crippen molar-refractivity contribution in [2.45, 2.75) is 19.9 Å². The molecular weight excluding hydrogens is 254 g/mol. The normalized spacial score (nSPS) is 13.9. The van der Waals surface area contributed by atoms with Crippen LogP contribution in [0.4, 0.5) is 0 Å². The lowest BCUT2D eigenvalue weighted by Gasteiger charge is -2.28. The van der Waals surface area contributed by atoms with Gasteiger partial charge in [-0.3, -0.25) is 9.59 Å². The molecule has 0 aliphatic carbocycles. The molecule has 102 valence electrons. The van der Waals surface area contributed by atoms with Crippen LogP contribution in [0.2, 0.25) is 0 Å². The van der Waals surface area contributed by atoms with Gasteiger partial charge in [0.05, 0.1) is 0 Å². The Morgan fingerprint density at radius 3 is 2.80 bits per heavy atom. The van der Waals surface area contributed by atoms with E-state index < -0.39 is 0 Å². The first-order valence-corrected chi connectivity index (χ1v) is 6.57. The van der Waals surface area contributed by atoms with Crippen molar-refractivity contribution < 1.29 is 4.79 Å². The first-order valence-electron chi connectivity index (χ1n) is 6.57. The molecule has 0 bridgehead atoms. The van der Waals surface area contributed by atoms with Gasteiger partial charge in [-0.1, -0.05) is 24.3 Å². The molecule has 0 atom stereocenters. The summed E-state index contributed by atoms with van der Waals surface area (Å²) in [5.74, 6) is 0.254. The summed E-state index contributed by atoms with van der Waals surface area (Å²) >= 11 is 0. The van der Waals surface area contributed by atoms with E-state index in [9.17, 15) is 9.59 Å². The van der Waals surface area contributed by atoms with Crippen LogP contribution >= 0.6 is 0 Å². The number of nitrogens with zero attached hydrogens (tertiary/aromatic N) is 2. The summed E-state index contributed by atoms with van der Waals surface area (Å²) in [4.78, 5) is 32.5. The zero-order valence-electron chi connectivity index (χ0n) is 11.2. The largest absolute Gasteiger partial charge is 0.334 e. The standard InChI is InChI=1S/C15H15N3O2/c1-10-16-8-13(14(19)17-10)15(20)18-7-6-11-4-2-3-5-12(11)9-18/h2-5,8H,6-7,9H2,1H3,(H,16,17,19). The Kier molecular flexibility index (Phi) is 3.10. The van der Waals surface area contributed by atoms with Crippen LogP contribution in [0, 0.1) is 6.92 Å². The van der Waals surface area contributed by atoms with Gasteiger partial charge in [0.1, 0.15) is 11.4 Å². The van der Waals surface area contributed by atoms with Crippen molar-refractivity contribution in [2.75, 3.05) is 6.54 Å². The van der Waals surface area contributed by atoms with E-state index in [4.69, 9.17) is 0 Å². The molecule has 0 fully saturated rings. The monoisotopic (exact) mass is 269 g/mol. The third kappa shape index (κ3) is 2.22. The topological polar surface area (TPSA) is 66.1 Å². The highest BCUT2D eigenvalue weighted by molar-refractivity contribution is 5.93. The number of carbonyl (C=O) groups excluding carboxylic acids is 1. The number of hydrogen-bond donors (Lipinski definition) is 1. The van der Waals surface area contributed by atoms with E-state index in [1.54, 1.807) is 11.8 Å². The fraction of sp³-hybridized carbons (Fsp3) is 0.267. The Hall–Kier alpha value is -2.43. The number of H-pyrrole nitrogens is 1. The average Bonchev–Trinajstić information content (AvgIpc) is 2.46. The van der Waals surface area contributed by atoms with Crippen LogP contribution in [-0.4, -0.2) is 27.3 Å². The van der Waals surface area contributed by atoms with Crippen molar-refractivity contribution in [3.63, 3.8) is 0 Å². The molecule has 2 aromatic rings. The molecule has 0 saturated heterocycles. The smallest absolute Gasteiger partial charge is 0.263 e. The molecular formula is C15H15N3O2. The molecule has 1 aromatic heterocycles. The van der Waals surface area contributed by atoms with Crippen LogP contribution in [0.25, 0.3) is 0 Å². The predicted molar refractivity (Wildman–Crippen MR) is 74.5 cm³/mol. The second kappa shape index (κ2) is 4.92. The minimum Gasteiger partial charge on any atom is -0.334 e. The fourth-order valence-corrected chi connectivity index (χ4v) is 2.48. The number of benzene rings is 1. The zero-order valence-corrected chi connectivity index (χ0v) is 11.2. The van der Waals surface area contributed by atoms with Gasteiger partial charge in [0.15, 0.2) is 0 Å². The quantitative estimate of drug-likeness (QED) is 0.848. The van der Waals surface area contributed by atoms with E-state index in [2.05, 4.69) is 16.0 Å². The van der Waals surface area contributed by atoms with Gasteiger partial charge in [0.2, 0.25) is 0 Å². The minimum absolute atomic E-state index is 0.106. The molecule has 0 saturated carbocycles. The number of rotatable bonds is 1. The molecule has 5 nitrogen and oxygen atoms in total. The number of hydrogen-bond acceptors (Lipinski definition) is 3. The van der Waals surface area contributed by atoms with Gasteiger partial charge in [-0.25, -0.2) is 4.98 Å². The number of aromatic nitrogens is 2. The van der Waals surface area contributed by atoms with Gasteiger partial charge in [0, 0.05) is 19.3 Å². The van der Waals surface area contributed by atoms with E-state index in [0.717, 1.165) is 12.0 Å². The van der Waals surface area contributed by atoms with Crippen LogP contribution in [0.1, 0.15) is 27.3 Å². The van der Waals surface area contributed by atoms with Gasteiger partial charge in [-0.05, 0) is 24.5 Å². The van der Waals surface area contributed by atoms with Crippen molar-refractivity contribution in [1.82, 2.24) is 14.9 Å². The number of aromatic amines is 1. The first-order chi connectivity index (χ1) is 9.65. The van der Waals surface area contributed by atoms with Crippen molar-refractivity contribution >= 4 is 5.91 Å². The van der Waals surface area contributed by atoms with Gasteiger partial charge in [-0.15, -0.1) is 0 Å². The van der Waals surface area contributed by atoms with Crippen LogP contribution in [0.15, 0.2) is 35.3 Å². The minimum atomic E-state index is -0.374. The fourth-order valence-electron chi connectivity index (χ4n) is 2.48. The number of aryl methyl sites for hydroxylation is 1. The van der Waals surface area contributed by atoms with E-state index >= 15 is 0 Å². The lowest BCUT2D eigenvalue weighted by Crippen LogP contribution is -2.38. The molecule has 1 N–H and O–H groups in total. The summed E-state index contributed by atoms with van der Waals surface area (Å²) in [7, 11) is 0. The SMILES string of the molecule is Cc1ncc(C(=O)N2CCc3ccccc3C2)c(=O)[nH]1. The maximum Gasteiger partial charge on any atom is 0.263 e. The van der Waals surface area contributed by atoms with Crippen molar-refractivity contribution in [3.8, 4) is 0 Å². The molecule has 5 heteroatoms. The third-order valence-corrected chi connectivity index (χ3v) is 3.57. The van der Waals surface area contributed by atoms with Crippen LogP contribution in [0.5, 0.6) is 0 Å². The van der Waals surface area contributed by atoms with Crippen molar-refractivity contribution in [2.24, 2.45) is 0 Å². The number of amides is 1. The summed E-state index contributed by atoms with van der Waals surface area (Å²) in [6, 6.07) is 8.07. The Bertz CT molecular complexity index is 721. The molecule has 1 aromatic carbocycles. The highest BCUT2D eigenvalue weighted by atomic mass is 16.2. The molecule has 2 heterocycles. The van der Waals surface area contributed by atoms with Gasteiger partial charge < -0.3 is 9.88 Å². The van der Waals surface area contributed by atoms with Crippen molar-refractivity contribution in [3.05, 3.63) is 63.3 Å². The molecule has 1 aliphatic heterocycles. The summed E-state index contributed by atoms with van der Waals surface area (Å²) < 4.78 is 0. The maximum atomic E-state index is 12.4. The summed E-state index contributed by atoms with van der Waals surface area (Å²) in [6.45, 7) is 2.86. The first kappa shape index (κ1) is 12.6. The Morgan fingerprint density at radius 2 is 2.05 bits per heavy atom. The molecule has 3 rings (SSSR count). The van der Waals surface area contributed by atoms with E-state index in [0.29, 0.717) is 18.9 Å². The Morgan fingerprint density at radius 1 is 1.30 bits per heavy atom. The molecule has 0 spiro atoms. The highest BCUT2D eigenvalue weighted by Crippen LogP contribution is 2.19. The number of nitrogens with one attached hydrogen (secondary N) is 1. The van der Waals surface area contributed by atoms with Crippen molar-refractivity contribution in [1.29, 1.82) is 0 Å². The zero-order chi connectivity index (χ0) is 14.1. The second-order valence-electron chi connectivity index (χ2n) is 4.96. The van der Waals surface area contributed by atoms with E-state index in [1.807, 2.05) is 18.2 Å². The third-order valence-electron chi connectivity index (χ3n) is 3.57. The molecule has 0 radical (unpaired) electrons. The second-order valence-corrected chi connectivity index (χ2v) is 4.96. The predicted octanol–water partition coefficient (Wildman–Crippen LogP) is 1.28. The van der Waals surface area contributed by atoms with Gasteiger partial charge in [-0.2, -0.15) is 0 Å². The highest BCUT2D eigenvalue weighted by Gasteiger charge is 2.23. The van der Waals surface area contributed by atoms with Crippen LogP contribution in [-0.2, 0) is 13.0 Å². The summed E-state index contributed by atoms with van der Waals surface area (Å²) in [6.07, 6.45) is 2.18. The summed E-state index contributed by atoms with van der Waals surface area (Å²) in [5, 5.41) is 0. The van der Waals surface area contributed by atoms with E-state index in [1.165, 1.54) is 11.8 Å². The van der Waals surface area contributed by atoms with Crippen LogP contribution < -0.4 is 5.56 Å². The lowest BCUT2D eigenvalue weighted by atomic mass is 9.99. The maximum absolute atomic E-state index is 12.4. The Balaban J connectivity index is 1.88. The lowest BCUT2D eigenvalue weighted by molar-refractivity contribution is 0.0732. The number of fused-ring (bicyclic) bond motifs is 1. The van der Waals surface area contributed by atoms with E-state index in [-0.39, 0.29) is 17.0 Å². The summed E-state index contributed by atoms with van der Waals surface area (Å²) in [5.41, 5.74) is 2.15.